The van der Waals surface area contributed by atoms with Crippen molar-refractivity contribution in [3.8, 4) is 0 Å². The van der Waals surface area contributed by atoms with E-state index in [0.717, 1.165) is 18.4 Å². The molecule has 0 spiro atoms. The topological polar surface area (TPSA) is 0 Å². The van der Waals surface area contributed by atoms with Gasteiger partial charge in [-0.2, -0.15) is 0 Å². The van der Waals surface area contributed by atoms with Gasteiger partial charge in [0, 0.05) is 0 Å². The maximum Gasteiger partial charge on any atom is -0.00662 e. The molecule has 0 fully saturated rings. The molecule has 0 heterocycles. The molecule has 1 heteroatoms. The third kappa shape index (κ3) is 7.00. The van der Waals surface area contributed by atoms with Crippen molar-refractivity contribution < 1.29 is 0 Å². The van der Waals surface area contributed by atoms with Crippen LogP contribution in [0.4, 0.5) is 0 Å². The maximum atomic E-state index is 4.28. The van der Waals surface area contributed by atoms with Crippen LogP contribution in [0.3, 0.4) is 0 Å². The Balaban J connectivity index is 0.000000970. The third-order valence-corrected chi connectivity index (χ3v) is 4.66. The van der Waals surface area contributed by atoms with E-state index in [4.69, 9.17) is 0 Å². The van der Waals surface area contributed by atoms with Crippen molar-refractivity contribution in [2.75, 3.05) is 0 Å². The second kappa shape index (κ2) is 10.4. The zero-order chi connectivity index (χ0) is 19.0. The third-order valence-electron chi connectivity index (χ3n) is 4.04. The highest BCUT2D eigenvalue weighted by Crippen LogP contribution is 2.25. The summed E-state index contributed by atoms with van der Waals surface area (Å²) in [6.45, 7) is 19.2. The summed E-state index contributed by atoms with van der Waals surface area (Å²) >= 11 is 0. The van der Waals surface area contributed by atoms with Gasteiger partial charge in [0.1, 0.15) is 0 Å². The Morgan fingerprint density at radius 3 is 2.12 bits per heavy atom. The van der Waals surface area contributed by atoms with E-state index in [1.54, 1.807) is 0 Å². The average molecular weight is 353 g/mol. The van der Waals surface area contributed by atoms with Crippen LogP contribution in [0.15, 0.2) is 55.1 Å². The van der Waals surface area contributed by atoms with Crippen molar-refractivity contribution >= 4 is 20.1 Å². The molecule has 1 unspecified atom stereocenters. The van der Waals surface area contributed by atoms with Crippen LogP contribution in [0, 0.1) is 20.8 Å². The van der Waals surface area contributed by atoms with E-state index < -0.39 is 0 Å². The highest BCUT2D eigenvalue weighted by molar-refractivity contribution is 7.27. The number of hydrogen-bond donors (Lipinski definition) is 0. The van der Waals surface area contributed by atoms with Crippen LogP contribution in [0.5, 0.6) is 0 Å². The highest BCUT2D eigenvalue weighted by Gasteiger charge is 2.07. The Hall–Kier alpha value is -1.65. The number of hydrogen-bond acceptors (Lipinski definition) is 0. The summed E-state index contributed by atoms with van der Waals surface area (Å²) in [6.07, 6.45) is 3.01. The summed E-state index contributed by atoms with van der Waals surface area (Å²) in [6, 6.07) is 13.1. The molecule has 2 aromatic carbocycles. The van der Waals surface area contributed by atoms with E-state index >= 15 is 0 Å². The molecular formula is C24H33P. The van der Waals surface area contributed by atoms with E-state index in [-0.39, 0.29) is 0 Å². The molecule has 1 atom stereocenters. The van der Waals surface area contributed by atoms with Gasteiger partial charge in [0.2, 0.25) is 0 Å². The van der Waals surface area contributed by atoms with E-state index in [0.29, 0.717) is 0 Å². The van der Waals surface area contributed by atoms with Gasteiger partial charge in [0.05, 0.1) is 0 Å². The predicted octanol–water partition coefficient (Wildman–Crippen LogP) is 6.73. The normalized spacial score (nSPS) is 10.0. The molecule has 0 N–H and O–H groups in total. The van der Waals surface area contributed by atoms with Gasteiger partial charge in [-0.25, -0.2) is 0 Å². The minimum atomic E-state index is 0.852. The van der Waals surface area contributed by atoms with Crippen LogP contribution in [0.25, 0.3) is 5.57 Å². The van der Waals surface area contributed by atoms with Crippen molar-refractivity contribution in [3.63, 3.8) is 0 Å². The number of aryl methyl sites for hydroxylation is 3. The Morgan fingerprint density at radius 2 is 1.52 bits per heavy atom. The van der Waals surface area contributed by atoms with Crippen molar-refractivity contribution in [1.29, 1.82) is 0 Å². The van der Waals surface area contributed by atoms with Crippen LogP contribution < -0.4 is 5.30 Å². The highest BCUT2D eigenvalue weighted by atomic mass is 31.0. The molecule has 0 saturated heterocycles. The summed E-state index contributed by atoms with van der Waals surface area (Å²) in [4.78, 5) is 0. The number of allylic oxidation sites excluding steroid dienone is 2. The first-order valence-electron chi connectivity index (χ1n) is 9.05. The van der Waals surface area contributed by atoms with Crippen molar-refractivity contribution in [3.05, 3.63) is 82.9 Å². The van der Waals surface area contributed by atoms with Gasteiger partial charge in [-0.05, 0) is 66.7 Å². The summed E-state index contributed by atoms with van der Waals surface area (Å²) in [7, 11) is 2.80. The van der Waals surface area contributed by atoms with Gasteiger partial charge >= 0.3 is 0 Å². The molecule has 25 heavy (non-hydrogen) atoms. The van der Waals surface area contributed by atoms with Crippen LogP contribution in [-0.2, 0) is 6.42 Å². The Bertz CT molecular complexity index is 738. The minimum Gasteiger partial charge on any atom is -0.105 e. The zero-order valence-corrected chi connectivity index (χ0v) is 17.7. The molecule has 2 rings (SSSR count). The lowest BCUT2D eigenvalue weighted by Crippen LogP contribution is -2.00. The molecule has 0 radical (unpaired) electrons. The lowest BCUT2D eigenvalue weighted by Gasteiger charge is -2.13. The molecular weight excluding hydrogens is 319 g/mol. The quantitative estimate of drug-likeness (QED) is 0.413. The van der Waals surface area contributed by atoms with Crippen molar-refractivity contribution in [2.45, 2.75) is 53.9 Å². The molecule has 0 aromatic heterocycles. The second-order valence-corrected chi connectivity index (χ2v) is 7.55. The van der Waals surface area contributed by atoms with Crippen LogP contribution in [0.1, 0.15) is 54.5 Å². The standard InChI is InChI=1S/C21H25P.C3H8/c1-14-6-7-16(3)20(12-14)18(5)10-15(2)11-19-9-8-17(4)21(22)13-19;1-3-2/h6-9,12-13H,2,5,10-11,22H2,1,3-4H3;3H2,1-2H3. The van der Waals surface area contributed by atoms with E-state index in [2.05, 4.69) is 93.4 Å². The Labute approximate surface area is 157 Å². The lowest BCUT2D eigenvalue weighted by atomic mass is 9.93. The predicted molar refractivity (Wildman–Crippen MR) is 119 cm³/mol. The molecule has 0 amide bonds. The van der Waals surface area contributed by atoms with Gasteiger partial charge in [-0.1, -0.05) is 81.0 Å². The van der Waals surface area contributed by atoms with Gasteiger partial charge in [-0.3, -0.25) is 0 Å². The molecule has 0 aliphatic carbocycles. The van der Waals surface area contributed by atoms with Crippen LogP contribution in [0.2, 0.25) is 0 Å². The fourth-order valence-electron chi connectivity index (χ4n) is 2.66. The first-order valence-corrected chi connectivity index (χ1v) is 9.63. The largest absolute Gasteiger partial charge is 0.105 e. The molecule has 0 aliphatic heterocycles. The first-order chi connectivity index (χ1) is 11.8. The van der Waals surface area contributed by atoms with E-state index in [1.807, 2.05) is 0 Å². The summed E-state index contributed by atoms with van der Waals surface area (Å²) < 4.78 is 0. The summed E-state index contributed by atoms with van der Waals surface area (Å²) in [5.41, 5.74) is 8.80. The fraction of sp³-hybridized carbons (Fsp3) is 0.333. The smallest absolute Gasteiger partial charge is 0.00662 e. The van der Waals surface area contributed by atoms with Crippen LogP contribution >= 0.6 is 9.24 Å². The SMILES string of the molecule is C=C(CC(=C)c1cc(C)ccc1C)Cc1ccc(C)c(P)c1.CCC. The monoisotopic (exact) mass is 352 g/mol. The molecule has 0 saturated carbocycles. The molecule has 2 aromatic rings. The van der Waals surface area contributed by atoms with Crippen molar-refractivity contribution in [2.24, 2.45) is 0 Å². The zero-order valence-electron chi connectivity index (χ0n) is 16.6. The average Bonchev–Trinajstić information content (AvgIpc) is 2.54. The molecule has 0 nitrogen and oxygen atoms in total. The van der Waals surface area contributed by atoms with Gasteiger partial charge in [0.25, 0.3) is 0 Å². The summed E-state index contributed by atoms with van der Waals surface area (Å²) in [5.74, 6) is 0. The van der Waals surface area contributed by atoms with Gasteiger partial charge in [0.15, 0.2) is 0 Å². The number of benzene rings is 2. The van der Waals surface area contributed by atoms with E-state index in [9.17, 15) is 0 Å². The first kappa shape index (κ1) is 21.4. The minimum absolute atomic E-state index is 0.852. The van der Waals surface area contributed by atoms with Crippen molar-refractivity contribution in [1.82, 2.24) is 0 Å². The number of rotatable bonds is 5. The second-order valence-electron chi connectivity index (χ2n) is 6.92. The van der Waals surface area contributed by atoms with Gasteiger partial charge in [-0.15, -0.1) is 9.24 Å². The van der Waals surface area contributed by atoms with E-state index in [1.165, 1.54) is 45.1 Å². The lowest BCUT2D eigenvalue weighted by molar-refractivity contribution is 1.09. The Kier molecular flexibility index (Phi) is 8.87. The molecule has 134 valence electrons. The maximum absolute atomic E-state index is 4.28. The summed E-state index contributed by atoms with van der Waals surface area (Å²) in [5, 5.41) is 1.26. The van der Waals surface area contributed by atoms with Gasteiger partial charge < -0.3 is 0 Å². The van der Waals surface area contributed by atoms with Crippen LogP contribution in [-0.4, -0.2) is 0 Å². The fourth-order valence-corrected chi connectivity index (χ4v) is 2.98. The molecule has 0 aliphatic rings. The molecule has 0 bridgehead atoms. The Morgan fingerprint density at radius 1 is 0.920 bits per heavy atom.